The highest BCUT2D eigenvalue weighted by atomic mass is 19.1. The molecule has 0 atom stereocenters. The zero-order chi connectivity index (χ0) is 12.5. The third kappa shape index (κ3) is 2.57. The van der Waals surface area contributed by atoms with Gasteiger partial charge < -0.3 is 10.4 Å². The first kappa shape index (κ1) is 11.9. The molecule has 1 aromatic carbocycles. The van der Waals surface area contributed by atoms with E-state index < -0.39 is 11.8 Å². The van der Waals surface area contributed by atoms with Gasteiger partial charge in [0.2, 0.25) is 0 Å². The quantitative estimate of drug-likeness (QED) is 0.848. The molecule has 0 heterocycles. The average Bonchev–Trinajstić information content (AvgIpc) is 2.67. The van der Waals surface area contributed by atoms with Crippen molar-refractivity contribution in [2.24, 2.45) is 0 Å². The summed E-state index contributed by atoms with van der Waals surface area (Å²) in [7, 11) is 0. The molecule has 0 spiro atoms. The van der Waals surface area contributed by atoms with Crippen molar-refractivity contribution in [3.8, 4) is 0 Å². The standard InChI is InChI=1S/C13H16FNO2/c1-13(6-2-3-7-13)15-11-5-4-9(14)8-10(11)12(16)17/h4-5,8,15H,2-3,6-7H2,1H3,(H,16,17). The number of carboxylic acids is 1. The molecule has 0 bridgehead atoms. The van der Waals surface area contributed by atoms with E-state index in [1.165, 1.54) is 12.1 Å². The van der Waals surface area contributed by atoms with Gasteiger partial charge in [-0.25, -0.2) is 9.18 Å². The van der Waals surface area contributed by atoms with Gasteiger partial charge in [-0.05, 0) is 38.0 Å². The lowest BCUT2D eigenvalue weighted by Gasteiger charge is -2.27. The molecule has 0 aromatic heterocycles. The van der Waals surface area contributed by atoms with Gasteiger partial charge in [0.05, 0.1) is 5.56 Å². The minimum atomic E-state index is -1.10. The molecule has 1 aromatic rings. The van der Waals surface area contributed by atoms with Gasteiger partial charge in [-0.15, -0.1) is 0 Å². The number of hydrogen-bond donors (Lipinski definition) is 2. The average molecular weight is 237 g/mol. The van der Waals surface area contributed by atoms with Crippen molar-refractivity contribution >= 4 is 11.7 Å². The second-order valence-electron chi connectivity index (χ2n) is 4.89. The Morgan fingerprint density at radius 1 is 1.41 bits per heavy atom. The highest BCUT2D eigenvalue weighted by Gasteiger charge is 2.29. The number of rotatable bonds is 3. The Kier molecular flexibility index (Phi) is 3.05. The topological polar surface area (TPSA) is 49.3 Å². The van der Waals surface area contributed by atoms with Gasteiger partial charge in [0.15, 0.2) is 0 Å². The van der Waals surface area contributed by atoms with E-state index in [4.69, 9.17) is 5.11 Å². The predicted octanol–water partition coefficient (Wildman–Crippen LogP) is 3.27. The number of nitrogens with one attached hydrogen (secondary N) is 1. The molecule has 2 rings (SSSR count). The van der Waals surface area contributed by atoms with E-state index in [9.17, 15) is 9.18 Å². The summed E-state index contributed by atoms with van der Waals surface area (Å²) in [6.45, 7) is 2.08. The van der Waals surface area contributed by atoms with Crippen molar-refractivity contribution in [2.75, 3.05) is 5.32 Å². The van der Waals surface area contributed by atoms with E-state index in [0.29, 0.717) is 5.69 Å². The van der Waals surface area contributed by atoms with Crippen LogP contribution in [0.15, 0.2) is 18.2 Å². The van der Waals surface area contributed by atoms with Crippen molar-refractivity contribution in [3.63, 3.8) is 0 Å². The fourth-order valence-corrected chi connectivity index (χ4v) is 2.41. The predicted molar refractivity (Wildman–Crippen MR) is 63.9 cm³/mol. The highest BCUT2D eigenvalue weighted by molar-refractivity contribution is 5.94. The van der Waals surface area contributed by atoms with Crippen molar-refractivity contribution in [2.45, 2.75) is 38.1 Å². The molecule has 1 saturated carbocycles. The molecular weight excluding hydrogens is 221 g/mol. The lowest BCUT2D eigenvalue weighted by molar-refractivity contribution is 0.0697. The maximum atomic E-state index is 13.0. The van der Waals surface area contributed by atoms with E-state index >= 15 is 0 Å². The van der Waals surface area contributed by atoms with Gasteiger partial charge in [-0.3, -0.25) is 0 Å². The molecule has 0 radical (unpaired) electrons. The van der Waals surface area contributed by atoms with E-state index in [-0.39, 0.29) is 11.1 Å². The number of hydrogen-bond acceptors (Lipinski definition) is 2. The third-order valence-electron chi connectivity index (χ3n) is 3.36. The Bertz CT molecular complexity index is 439. The Labute approximate surface area is 99.7 Å². The van der Waals surface area contributed by atoms with Crippen LogP contribution in [0.5, 0.6) is 0 Å². The van der Waals surface area contributed by atoms with Gasteiger partial charge in [0, 0.05) is 11.2 Å². The second-order valence-corrected chi connectivity index (χ2v) is 4.89. The van der Waals surface area contributed by atoms with E-state index in [1.807, 2.05) is 0 Å². The summed E-state index contributed by atoms with van der Waals surface area (Å²) in [6.07, 6.45) is 4.33. The molecule has 4 heteroatoms. The summed E-state index contributed by atoms with van der Waals surface area (Å²) in [5.74, 6) is -1.63. The van der Waals surface area contributed by atoms with Crippen LogP contribution in [0.25, 0.3) is 0 Å². The monoisotopic (exact) mass is 237 g/mol. The maximum Gasteiger partial charge on any atom is 0.337 e. The van der Waals surface area contributed by atoms with E-state index in [1.54, 1.807) is 0 Å². The SMILES string of the molecule is CC1(Nc2ccc(F)cc2C(=O)O)CCCC1. The summed E-state index contributed by atoms with van der Waals surface area (Å²) >= 11 is 0. The van der Waals surface area contributed by atoms with Gasteiger partial charge in [0.1, 0.15) is 5.82 Å². The Hall–Kier alpha value is -1.58. The summed E-state index contributed by atoms with van der Waals surface area (Å²) in [5, 5.41) is 12.3. The van der Waals surface area contributed by atoms with Crippen LogP contribution in [-0.2, 0) is 0 Å². The van der Waals surface area contributed by atoms with Crippen LogP contribution in [0.3, 0.4) is 0 Å². The number of carbonyl (C=O) groups is 1. The highest BCUT2D eigenvalue weighted by Crippen LogP contribution is 2.33. The summed E-state index contributed by atoms with van der Waals surface area (Å²) in [4.78, 5) is 11.0. The fourth-order valence-electron chi connectivity index (χ4n) is 2.41. The van der Waals surface area contributed by atoms with Gasteiger partial charge >= 0.3 is 5.97 Å². The smallest absolute Gasteiger partial charge is 0.337 e. The van der Waals surface area contributed by atoms with Crippen LogP contribution in [0.4, 0.5) is 10.1 Å². The molecule has 92 valence electrons. The zero-order valence-electron chi connectivity index (χ0n) is 9.79. The summed E-state index contributed by atoms with van der Waals surface area (Å²) in [6, 6.07) is 3.85. The zero-order valence-corrected chi connectivity index (χ0v) is 9.79. The number of aromatic carboxylic acids is 1. The fraction of sp³-hybridized carbons (Fsp3) is 0.462. The van der Waals surface area contributed by atoms with Crippen molar-refractivity contribution in [3.05, 3.63) is 29.6 Å². The molecule has 0 amide bonds. The van der Waals surface area contributed by atoms with Gasteiger partial charge in [0.25, 0.3) is 0 Å². The molecule has 0 aliphatic heterocycles. The Morgan fingerprint density at radius 3 is 2.65 bits per heavy atom. The van der Waals surface area contributed by atoms with Crippen LogP contribution in [-0.4, -0.2) is 16.6 Å². The first-order chi connectivity index (χ1) is 8.00. The first-order valence-corrected chi connectivity index (χ1v) is 5.81. The van der Waals surface area contributed by atoms with Crippen LogP contribution < -0.4 is 5.32 Å². The molecule has 0 unspecified atom stereocenters. The second kappa shape index (κ2) is 4.35. The minimum Gasteiger partial charge on any atom is -0.478 e. The first-order valence-electron chi connectivity index (χ1n) is 5.81. The molecule has 1 aliphatic carbocycles. The number of carboxylic acid groups (broad SMARTS) is 1. The number of benzene rings is 1. The van der Waals surface area contributed by atoms with Crippen molar-refractivity contribution in [1.82, 2.24) is 0 Å². The van der Waals surface area contributed by atoms with Crippen molar-refractivity contribution < 1.29 is 14.3 Å². The maximum absolute atomic E-state index is 13.0. The molecule has 3 nitrogen and oxygen atoms in total. The van der Waals surface area contributed by atoms with E-state index in [0.717, 1.165) is 31.7 Å². The van der Waals surface area contributed by atoms with E-state index in [2.05, 4.69) is 12.2 Å². The largest absolute Gasteiger partial charge is 0.478 e. The van der Waals surface area contributed by atoms with Gasteiger partial charge in [-0.1, -0.05) is 12.8 Å². The Morgan fingerprint density at radius 2 is 2.06 bits per heavy atom. The molecule has 2 N–H and O–H groups in total. The van der Waals surface area contributed by atoms with Crippen LogP contribution in [0.2, 0.25) is 0 Å². The molecular formula is C13H16FNO2. The molecule has 1 fully saturated rings. The lowest BCUT2D eigenvalue weighted by Crippen LogP contribution is -2.31. The molecule has 1 aliphatic rings. The van der Waals surface area contributed by atoms with Crippen LogP contribution in [0, 0.1) is 5.82 Å². The Balaban J connectivity index is 2.28. The number of halogens is 1. The van der Waals surface area contributed by atoms with Crippen molar-refractivity contribution in [1.29, 1.82) is 0 Å². The lowest BCUT2D eigenvalue weighted by atomic mass is 9.99. The van der Waals surface area contributed by atoms with Gasteiger partial charge in [-0.2, -0.15) is 0 Å². The van der Waals surface area contributed by atoms with Crippen LogP contribution >= 0.6 is 0 Å². The van der Waals surface area contributed by atoms with Crippen LogP contribution in [0.1, 0.15) is 43.0 Å². The number of anilines is 1. The molecule has 0 saturated heterocycles. The minimum absolute atomic E-state index is 0.00174. The summed E-state index contributed by atoms with van der Waals surface area (Å²) in [5.41, 5.74) is 0.434. The normalized spacial score (nSPS) is 18.0. The molecule has 17 heavy (non-hydrogen) atoms. The summed E-state index contributed by atoms with van der Waals surface area (Å²) < 4.78 is 13.0. The third-order valence-corrected chi connectivity index (χ3v) is 3.36.